The fourth-order valence-corrected chi connectivity index (χ4v) is 3.81. The summed E-state index contributed by atoms with van der Waals surface area (Å²) in [5.41, 5.74) is 1.15. The Labute approximate surface area is 197 Å². The average Bonchev–Trinajstić information content (AvgIpc) is 3.08. The largest absolute Gasteiger partial charge is 0.497 e. The van der Waals surface area contributed by atoms with Crippen molar-refractivity contribution in [1.82, 2.24) is 25.4 Å². The zero-order valence-electron chi connectivity index (χ0n) is 18.5. The lowest BCUT2D eigenvalue weighted by atomic mass is 9.84. The molecule has 1 aliphatic carbocycles. The number of halogens is 1. The van der Waals surface area contributed by atoms with Crippen LogP contribution in [0.2, 0.25) is 0 Å². The van der Waals surface area contributed by atoms with Gasteiger partial charge in [0.1, 0.15) is 11.6 Å². The molecular weight excluding hydrogens is 491 g/mol. The molecule has 0 spiro atoms. The predicted octanol–water partition coefficient (Wildman–Crippen LogP) is 3.95. The van der Waals surface area contributed by atoms with Gasteiger partial charge in [0.25, 0.3) is 0 Å². The zero-order chi connectivity index (χ0) is 20.6. The summed E-state index contributed by atoms with van der Waals surface area (Å²) in [6.07, 6.45) is 6.29. The number of guanidine groups is 1. The van der Waals surface area contributed by atoms with Crippen molar-refractivity contribution in [2.24, 2.45) is 18.0 Å². The van der Waals surface area contributed by atoms with Crippen molar-refractivity contribution >= 4 is 29.9 Å². The molecule has 0 saturated heterocycles. The molecule has 30 heavy (non-hydrogen) atoms. The fourth-order valence-electron chi connectivity index (χ4n) is 3.81. The maximum Gasteiger partial charge on any atom is 0.192 e. The highest BCUT2D eigenvalue weighted by molar-refractivity contribution is 14.0. The first-order chi connectivity index (χ1) is 14.1. The van der Waals surface area contributed by atoms with E-state index >= 15 is 0 Å². The van der Waals surface area contributed by atoms with Gasteiger partial charge in [-0.3, -0.25) is 0 Å². The summed E-state index contributed by atoms with van der Waals surface area (Å²) in [6.45, 7) is 5.46. The summed E-state index contributed by atoms with van der Waals surface area (Å²) >= 11 is 0. The van der Waals surface area contributed by atoms with Crippen LogP contribution in [0.3, 0.4) is 0 Å². The Hall–Kier alpha value is -1.84. The van der Waals surface area contributed by atoms with Crippen molar-refractivity contribution in [2.75, 3.05) is 7.11 Å². The summed E-state index contributed by atoms with van der Waals surface area (Å²) in [5.74, 6) is 4.31. The molecule has 1 saturated carbocycles. The number of hydrogen-bond donors (Lipinski definition) is 2. The van der Waals surface area contributed by atoms with Crippen molar-refractivity contribution in [3.63, 3.8) is 0 Å². The molecule has 2 unspecified atom stereocenters. The van der Waals surface area contributed by atoms with Crippen LogP contribution in [0.1, 0.15) is 56.2 Å². The number of nitrogens with zero attached hydrogens (tertiary/aromatic N) is 4. The Morgan fingerprint density at radius 2 is 2.00 bits per heavy atom. The zero-order valence-corrected chi connectivity index (χ0v) is 20.8. The molecule has 2 atom stereocenters. The molecule has 0 aliphatic heterocycles. The van der Waals surface area contributed by atoms with Gasteiger partial charge in [0.2, 0.25) is 0 Å². The van der Waals surface area contributed by atoms with Gasteiger partial charge in [-0.05, 0) is 43.4 Å². The van der Waals surface area contributed by atoms with Gasteiger partial charge in [-0.25, -0.2) is 4.99 Å². The van der Waals surface area contributed by atoms with Gasteiger partial charge in [0.15, 0.2) is 11.8 Å². The molecule has 0 bridgehead atoms. The average molecular weight is 526 g/mol. The van der Waals surface area contributed by atoms with Gasteiger partial charge in [0.05, 0.1) is 20.2 Å². The Balaban J connectivity index is 0.00000320. The van der Waals surface area contributed by atoms with Crippen LogP contribution in [0.5, 0.6) is 5.75 Å². The number of aliphatic imine (C=N–C) groups is 1. The second-order valence-corrected chi connectivity index (χ2v) is 7.87. The third kappa shape index (κ3) is 6.85. The summed E-state index contributed by atoms with van der Waals surface area (Å²) in [6, 6.07) is 8.53. The fraction of sp³-hybridized carbons (Fsp3) is 0.591. The minimum Gasteiger partial charge on any atom is -0.497 e. The Morgan fingerprint density at radius 1 is 1.23 bits per heavy atom. The summed E-state index contributed by atoms with van der Waals surface area (Å²) in [7, 11) is 3.67. The Bertz CT molecular complexity index is 804. The van der Waals surface area contributed by atoms with E-state index in [1.807, 2.05) is 30.7 Å². The van der Waals surface area contributed by atoms with E-state index in [4.69, 9.17) is 9.73 Å². The van der Waals surface area contributed by atoms with Crippen molar-refractivity contribution in [2.45, 2.75) is 65.1 Å². The van der Waals surface area contributed by atoms with Gasteiger partial charge < -0.3 is 19.9 Å². The van der Waals surface area contributed by atoms with E-state index in [0.29, 0.717) is 19.1 Å². The van der Waals surface area contributed by atoms with Crippen molar-refractivity contribution < 1.29 is 4.74 Å². The molecule has 1 aromatic carbocycles. The predicted molar refractivity (Wildman–Crippen MR) is 131 cm³/mol. The maximum absolute atomic E-state index is 5.24. The first kappa shape index (κ1) is 24.4. The van der Waals surface area contributed by atoms with Gasteiger partial charge in [-0.15, -0.1) is 34.2 Å². The second-order valence-electron chi connectivity index (χ2n) is 7.87. The van der Waals surface area contributed by atoms with Gasteiger partial charge >= 0.3 is 0 Å². The maximum atomic E-state index is 5.24. The van der Waals surface area contributed by atoms with E-state index in [1.165, 1.54) is 32.1 Å². The summed E-state index contributed by atoms with van der Waals surface area (Å²) in [5, 5.41) is 15.5. The number of nitrogens with one attached hydrogen (secondary N) is 2. The number of aromatic nitrogens is 3. The lowest BCUT2D eigenvalue weighted by Crippen LogP contribution is -2.45. The van der Waals surface area contributed by atoms with E-state index < -0.39 is 0 Å². The van der Waals surface area contributed by atoms with Gasteiger partial charge in [0, 0.05) is 13.1 Å². The van der Waals surface area contributed by atoms with E-state index in [-0.39, 0.29) is 24.0 Å². The summed E-state index contributed by atoms with van der Waals surface area (Å²) in [4.78, 5) is 4.84. The van der Waals surface area contributed by atoms with Crippen LogP contribution in [0.15, 0.2) is 29.3 Å². The van der Waals surface area contributed by atoms with Crippen molar-refractivity contribution in [3.8, 4) is 5.75 Å². The standard InChI is InChI=1S/C22H34N6O.HI/c1-5-17-7-6-8-19(13-17)25-22(24-15-21-27-26-16(2)28(21)3)23-14-18-9-11-20(29-4)12-10-18;/h9-12,17,19H,5-8,13-15H2,1-4H3,(H2,23,24,25);1H. The molecule has 3 rings (SSSR count). The van der Waals surface area contributed by atoms with E-state index in [9.17, 15) is 0 Å². The van der Waals surface area contributed by atoms with Gasteiger partial charge in [-0.1, -0.05) is 38.3 Å². The van der Waals surface area contributed by atoms with Crippen LogP contribution < -0.4 is 15.4 Å². The lowest BCUT2D eigenvalue weighted by Gasteiger charge is -2.30. The highest BCUT2D eigenvalue weighted by Crippen LogP contribution is 2.26. The van der Waals surface area contributed by atoms with Crippen LogP contribution in [0.4, 0.5) is 0 Å². The quantitative estimate of drug-likeness (QED) is 0.325. The van der Waals surface area contributed by atoms with E-state index in [2.05, 4.69) is 39.9 Å². The molecule has 1 aliphatic rings. The number of methoxy groups -OCH3 is 1. The van der Waals surface area contributed by atoms with Crippen LogP contribution in [0.25, 0.3) is 0 Å². The van der Waals surface area contributed by atoms with Crippen LogP contribution in [-0.2, 0) is 20.1 Å². The molecule has 7 nitrogen and oxygen atoms in total. The Kier molecular flexibility index (Phi) is 9.87. The minimum absolute atomic E-state index is 0. The SMILES string of the molecule is CCC1CCCC(NC(=NCc2ccc(OC)cc2)NCc2nnc(C)n2C)C1.I. The molecule has 8 heteroatoms. The second kappa shape index (κ2) is 12.1. The highest BCUT2D eigenvalue weighted by Gasteiger charge is 2.21. The third-order valence-electron chi connectivity index (χ3n) is 5.88. The number of ether oxygens (including phenoxy) is 1. The molecule has 0 amide bonds. The normalized spacial score (nSPS) is 19.1. The highest BCUT2D eigenvalue weighted by atomic mass is 127. The molecular formula is C22H35IN6O. The molecule has 2 aromatic rings. The molecule has 1 heterocycles. The van der Waals surface area contributed by atoms with Crippen molar-refractivity contribution in [1.29, 1.82) is 0 Å². The van der Waals surface area contributed by atoms with E-state index in [0.717, 1.165) is 34.8 Å². The topological polar surface area (TPSA) is 76.4 Å². The Morgan fingerprint density at radius 3 is 2.63 bits per heavy atom. The number of rotatable bonds is 7. The first-order valence-electron chi connectivity index (χ1n) is 10.6. The van der Waals surface area contributed by atoms with E-state index in [1.54, 1.807) is 7.11 Å². The minimum atomic E-state index is 0. The monoisotopic (exact) mass is 526 g/mol. The van der Waals surface area contributed by atoms with Gasteiger partial charge in [-0.2, -0.15) is 0 Å². The molecule has 1 fully saturated rings. The van der Waals surface area contributed by atoms with Crippen LogP contribution in [-0.4, -0.2) is 33.9 Å². The molecule has 166 valence electrons. The molecule has 0 radical (unpaired) electrons. The molecule has 2 N–H and O–H groups in total. The molecule has 1 aromatic heterocycles. The smallest absolute Gasteiger partial charge is 0.192 e. The van der Waals surface area contributed by atoms with Crippen LogP contribution in [0, 0.1) is 12.8 Å². The summed E-state index contributed by atoms with van der Waals surface area (Å²) < 4.78 is 7.24. The first-order valence-corrected chi connectivity index (χ1v) is 10.6. The number of hydrogen-bond acceptors (Lipinski definition) is 4. The third-order valence-corrected chi connectivity index (χ3v) is 5.88. The van der Waals surface area contributed by atoms with Crippen LogP contribution >= 0.6 is 24.0 Å². The lowest BCUT2D eigenvalue weighted by molar-refractivity contribution is 0.298. The van der Waals surface area contributed by atoms with Crippen molar-refractivity contribution in [3.05, 3.63) is 41.5 Å². The number of aryl methyl sites for hydroxylation is 1. The number of benzene rings is 1.